The Morgan fingerprint density at radius 2 is 2.10 bits per heavy atom. The normalized spacial score (nSPS) is 10.2. The molecule has 0 radical (unpaired) electrons. The summed E-state index contributed by atoms with van der Waals surface area (Å²) in [6.07, 6.45) is 0.433. The molecule has 104 valence electrons. The Kier molecular flexibility index (Phi) is 4.04. The summed E-state index contributed by atoms with van der Waals surface area (Å²) in [5.41, 5.74) is 0.917. The number of benzene rings is 1. The van der Waals surface area contributed by atoms with E-state index in [1.807, 2.05) is 0 Å². The summed E-state index contributed by atoms with van der Waals surface area (Å²) in [4.78, 5) is 24.4. The first-order valence-corrected chi connectivity index (χ1v) is 5.89. The van der Waals surface area contributed by atoms with Crippen LogP contribution in [0.4, 0.5) is 0 Å². The van der Waals surface area contributed by atoms with E-state index < -0.39 is 5.97 Å². The van der Waals surface area contributed by atoms with Crippen LogP contribution in [0.25, 0.3) is 0 Å². The SMILES string of the molecule is CN(CCc1ccccc1C(=O)O)C(=O)c1nn[nH]n1. The number of nitrogens with zero attached hydrogens (tertiary/aromatic N) is 4. The lowest BCUT2D eigenvalue weighted by molar-refractivity contribution is 0.0695. The molecule has 0 fully saturated rings. The number of carboxylic acid groups (broad SMARTS) is 1. The minimum atomic E-state index is -0.979. The maximum Gasteiger partial charge on any atom is 0.335 e. The Morgan fingerprint density at radius 3 is 2.75 bits per heavy atom. The number of amides is 1. The van der Waals surface area contributed by atoms with E-state index in [4.69, 9.17) is 5.11 Å². The summed E-state index contributed by atoms with van der Waals surface area (Å²) in [6, 6.07) is 6.71. The molecule has 1 aromatic heterocycles. The average molecular weight is 275 g/mol. The number of aromatic amines is 1. The molecule has 1 heterocycles. The van der Waals surface area contributed by atoms with Gasteiger partial charge >= 0.3 is 5.97 Å². The van der Waals surface area contributed by atoms with Crippen LogP contribution in [0.1, 0.15) is 26.5 Å². The molecule has 0 aliphatic carbocycles. The van der Waals surface area contributed by atoms with Gasteiger partial charge in [-0.25, -0.2) is 4.79 Å². The molecular formula is C12H13N5O3. The highest BCUT2D eigenvalue weighted by Gasteiger charge is 2.17. The van der Waals surface area contributed by atoms with E-state index in [9.17, 15) is 9.59 Å². The van der Waals surface area contributed by atoms with E-state index in [1.165, 1.54) is 4.90 Å². The van der Waals surface area contributed by atoms with Crippen LogP contribution < -0.4 is 0 Å². The first-order valence-electron chi connectivity index (χ1n) is 5.89. The maximum absolute atomic E-state index is 11.9. The Bertz CT molecular complexity index is 611. The van der Waals surface area contributed by atoms with Crippen LogP contribution in [0.3, 0.4) is 0 Å². The number of aromatic nitrogens is 4. The van der Waals surface area contributed by atoms with Crippen molar-refractivity contribution in [2.24, 2.45) is 0 Å². The quantitative estimate of drug-likeness (QED) is 0.806. The van der Waals surface area contributed by atoms with Crippen molar-refractivity contribution in [3.63, 3.8) is 0 Å². The van der Waals surface area contributed by atoms with E-state index in [1.54, 1.807) is 31.3 Å². The zero-order valence-electron chi connectivity index (χ0n) is 10.8. The molecule has 2 rings (SSSR count). The Hall–Kier alpha value is -2.77. The van der Waals surface area contributed by atoms with Gasteiger partial charge in [-0.2, -0.15) is 5.21 Å². The molecule has 0 saturated carbocycles. The molecule has 0 saturated heterocycles. The fraction of sp³-hybridized carbons (Fsp3) is 0.250. The van der Waals surface area contributed by atoms with Gasteiger partial charge in [-0.1, -0.05) is 18.2 Å². The minimum absolute atomic E-state index is 0.0148. The summed E-state index contributed by atoms with van der Waals surface area (Å²) in [6.45, 7) is 0.359. The first-order chi connectivity index (χ1) is 9.59. The Balaban J connectivity index is 2.02. The molecular weight excluding hydrogens is 262 g/mol. The summed E-state index contributed by atoms with van der Waals surface area (Å²) in [7, 11) is 1.60. The number of nitrogens with one attached hydrogen (secondary N) is 1. The van der Waals surface area contributed by atoms with Gasteiger partial charge in [0.05, 0.1) is 5.56 Å². The van der Waals surface area contributed by atoms with Crippen LogP contribution in [0.2, 0.25) is 0 Å². The van der Waals surface area contributed by atoms with Crippen molar-refractivity contribution < 1.29 is 14.7 Å². The van der Waals surface area contributed by atoms with Crippen LogP contribution in [0.15, 0.2) is 24.3 Å². The van der Waals surface area contributed by atoms with Crippen molar-refractivity contribution in [1.82, 2.24) is 25.5 Å². The summed E-state index contributed by atoms with van der Waals surface area (Å²) in [5, 5.41) is 21.8. The van der Waals surface area contributed by atoms with Crippen molar-refractivity contribution in [2.75, 3.05) is 13.6 Å². The number of carboxylic acids is 1. The number of H-pyrrole nitrogens is 1. The van der Waals surface area contributed by atoms with Crippen molar-refractivity contribution in [3.8, 4) is 0 Å². The maximum atomic E-state index is 11.9. The predicted octanol–water partition coefficient (Wildman–Crippen LogP) is 0.213. The van der Waals surface area contributed by atoms with Crippen LogP contribution in [-0.4, -0.2) is 56.1 Å². The van der Waals surface area contributed by atoms with Crippen LogP contribution in [0.5, 0.6) is 0 Å². The third-order valence-electron chi connectivity index (χ3n) is 2.85. The number of aromatic carboxylic acids is 1. The van der Waals surface area contributed by atoms with Gasteiger partial charge in [-0.15, -0.1) is 10.2 Å². The van der Waals surface area contributed by atoms with Gasteiger partial charge < -0.3 is 10.0 Å². The molecule has 0 aliphatic heterocycles. The van der Waals surface area contributed by atoms with E-state index >= 15 is 0 Å². The topological polar surface area (TPSA) is 112 Å². The fourth-order valence-corrected chi connectivity index (χ4v) is 1.76. The molecule has 2 aromatic rings. The second kappa shape index (κ2) is 5.91. The van der Waals surface area contributed by atoms with Crippen LogP contribution in [0, 0.1) is 0 Å². The standard InChI is InChI=1S/C12H13N5O3/c1-17(11(18)10-13-15-16-14-10)7-6-8-4-2-3-5-9(8)12(19)20/h2-5H,6-7H2,1H3,(H,19,20)(H,13,14,15,16). The van der Waals surface area contributed by atoms with Crippen molar-refractivity contribution in [3.05, 3.63) is 41.2 Å². The molecule has 1 amide bonds. The van der Waals surface area contributed by atoms with E-state index in [2.05, 4.69) is 20.6 Å². The molecule has 0 unspecified atom stereocenters. The number of tetrazole rings is 1. The molecule has 0 bridgehead atoms. The van der Waals surface area contributed by atoms with Gasteiger partial charge in [0.2, 0.25) is 0 Å². The number of hydrogen-bond acceptors (Lipinski definition) is 5. The van der Waals surface area contributed by atoms with Crippen molar-refractivity contribution in [1.29, 1.82) is 0 Å². The van der Waals surface area contributed by atoms with Gasteiger partial charge in [-0.05, 0) is 23.3 Å². The number of likely N-dealkylation sites (N-methyl/N-ethyl adjacent to an activating group) is 1. The monoisotopic (exact) mass is 275 g/mol. The lowest BCUT2D eigenvalue weighted by Crippen LogP contribution is -2.30. The van der Waals surface area contributed by atoms with Crippen molar-refractivity contribution in [2.45, 2.75) is 6.42 Å². The lowest BCUT2D eigenvalue weighted by atomic mass is 10.0. The number of carbonyl (C=O) groups is 2. The molecule has 0 atom stereocenters. The smallest absolute Gasteiger partial charge is 0.335 e. The third-order valence-corrected chi connectivity index (χ3v) is 2.85. The molecule has 0 spiro atoms. The first kappa shape index (κ1) is 13.7. The second-order valence-electron chi connectivity index (χ2n) is 4.17. The largest absolute Gasteiger partial charge is 0.478 e. The second-order valence-corrected chi connectivity index (χ2v) is 4.17. The van der Waals surface area contributed by atoms with Crippen LogP contribution >= 0.6 is 0 Å². The lowest BCUT2D eigenvalue weighted by Gasteiger charge is -2.15. The van der Waals surface area contributed by atoms with E-state index in [-0.39, 0.29) is 17.3 Å². The summed E-state index contributed by atoms with van der Waals surface area (Å²) < 4.78 is 0. The van der Waals surface area contributed by atoms with Gasteiger partial charge in [0.1, 0.15) is 0 Å². The average Bonchev–Trinajstić information content (AvgIpc) is 2.98. The highest BCUT2D eigenvalue weighted by atomic mass is 16.4. The van der Waals surface area contributed by atoms with Gasteiger partial charge in [-0.3, -0.25) is 4.79 Å². The number of carbonyl (C=O) groups excluding carboxylic acids is 1. The van der Waals surface area contributed by atoms with Gasteiger partial charge in [0.15, 0.2) is 0 Å². The number of hydrogen-bond donors (Lipinski definition) is 2. The van der Waals surface area contributed by atoms with Gasteiger partial charge in [0, 0.05) is 13.6 Å². The van der Waals surface area contributed by atoms with Gasteiger partial charge in [0.25, 0.3) is 11.7 Å². The Labute approximate surface area is 114 Å². The highest BCUT2D eigenvalue weighted by molar-refractivity contribution is 5.90. The molecule has 8 heteroatoms. The molecule has 0 aliphatic rings. The summed E-state index contributed by atoms with van der Waals surface area (Å²) in [5.74, 6) is -1.36. The molecule has 20 heavy (non-hydrogen) atoms. The fourth-order valence-electron chi connectivity index (χ4n) is 1.76. The molecule has 1 aromatic carbocycles. The minimum Gasteiger partial charge on any atom is -0.478 e. The molecule has 2 N–H and O–H groups in total. The highest BCUT2D eigenvalue weighted by Crippen LogP contribution is 2.10. The number of rotatable bonds is 5. The summed E-state index contributed by atoms with van der Waals surface area (Å²) >= 11 is 0. The van der Waals surface area contributed by atoms with E-state index in [0.717, 1.165) is 0 Å². The third kappa shape index (κ3) is 2.97. The van der Waals surface area contributed by atoms with E-state index in [0.29, 0.717) is 18.5 Å². The van der Waals surface area contributed by atoms with Crippen molar-refractivity contribution >= 4 is 11.9 Å². The molecule has 8 nitrogen and oxygen atoms in total. The Morgan fingerprint density at radius 1 is 1.35 bits per heavy atom. The zero-order valence-corrected chi connectivity index (χ0v) is 10.8. The van der Waals surface area contributed by atoms with Crippen LogP contribution in [-0.2, 0) is 6.42 Å². The zero-order chi connectivity index (χ0) is 14.5. The predicted molar refractivity (Wildman–Crippen MR) is 68.2 cm³/mol.